The van der Waals surface area contributed by atoms with E-state index in [0.717, 1.165) is 32.5 Å². The van der Waals surface area contributed by atoms with Gasteiger partial charge in [0, 0.05) is 12.6 Å². The number of rotatable bonds is 6. The first-order valence-corrected chi connectivity index (χ1v) is 7.19. The Hall–Kier alpha value is -1.26. The minimum atomic E-state index is -2.21. The molecule has 1 saturated heterocycles. The highest BCUT2D eigenvalue weighted by Crippen LogP contribution is 2.11. The minimum Gasteiger partial charge on any atom is -0.310 e. The molecule has 110 valence electrons. The predicted octanol–water partition coefficient (Wildman–Crippen LogP) is 3.02. The molecule has 0 spiro atoms. The summed E-state index contributed by atoms with van der Waals surface area (Å²) in [6.07, 6.45) is 3.89. The van der Waals surface area contributed by atoms with Gasteiger partial charge >= 0.3 is 0 Å². The highest BCUT2D eigenvalue weighted by molar-refractivity contribution is 5.48. The van der Waals surface area contributed by atoms with Gasteiger partial charge in [0.05, 0.1) is 6.54 Å². The summed E-state index contributed by atoms with van der Waals surface area (Å²) in [6, 6.07) is 10.6. The van der Waals surface area contributed by atoms with E-state index in [1.807, 2.05) is 23.1 Å². The Balaban J connectivity index is 1.63. The van der Waals surface area contributed by atoms with Crippen LogP contribution >= 0.6 is 0 Å². The van der Waals surface area contributed by atoms with Crippen LogP contribution in [0.1, 0.15) is 18.4 Å². The lowest BCUT2D eigenvalue weighted by molar-refractivity contribution is 0.0734. The molecule has 0 bridgehead atoms. The molecule has 2 nitrogen and oxygen atoms in total. The zero-order chi connectivity index (χ0) is 14.2. The molecule has 1 aromatic carbocycles. The van der Waals surface area contributed by atoms with Crippen LogP contribution in [0.25, 0.3) is 6.08 Å². The molecule has 4 heteroatoms. The number of likely N-dealkylation sites (tertiary alicyclic amines) is 1. The highest BCUT2D eigenvalue weighted by Gasteiger charge is 2.20. The summed E-state index contributed by atoms with van der Waals surface area (Å²) in [4.78, 5) is 1.85. The van der Waals surface area contributed by atoms with E-state index in [1.54, 1.807) is 0 Å². The summed E-state index contributed by atoms with van der Waals surface area (Å²) in [7, 11) is 0. The standard InChI is InChI=1S/C16H22F2N2/c17-16(18)13-20-11-8-15(9-12-20)19-10-4-7-14-5-2-1-3-6-14/h1-7,15-16,19H,8-13H2. The predicted molar refractivity (Wildman–Crippen MR) is 78.9 cm³/mol. The van der Waals surface area contributed by atoms with Crippen LogP contribution in [0.2, 0.25) is 0 Å². The van der Waals surface area contributed by atoms with Crippen LogP contribution < -0.4 is 5.32 Å². The first-order valence-electron chi connectivity index (χ1n) is 7.19. The molecule has 1 N–H and O–H groups in total. The molecule has 0 radical (unpaired) electrons. The summed E-state index contributed by atoms with van der Waals surface area (Å²) in [6.45, 7) is 2.28. The fourth-order valence-electron chi connectivity index (χ4n) is 2.51. The maximum Gasteiger partial charge on any atom is 0.251 e. The molecule has 0 unspecified atom stereocenters. The molecule has 20 heavy (non-hydrogen) atoms. The maximum absolute atomic E-state index is 12.3. The summed E-state index contributed by atoms with van der Waals surface area (Å²) in [5.41, 5.74) is 1.20. The fraction of sp³-hybridized carbons (Fsp3) is 0.500. The van der Waals surface area contributed by atoms with E-state index < -0.39 is 6.43 Å². The van der Waals surface area contributed by atoms with Gasteiger partial charge in [-0.25, -0.2) is 8.78 Å². The van der Waals surface area contributed by atoms with Gasteiger partial charge in [0.15, 0.2) is 0 Å². The summed E-state index contributed by atoms with van der Waals surface area (Å²) >= 11 is 0. The average Bonchev–Trinajstić information content (AvgIpc) is 2.46. The van der Waals surface area contributed by atoms with Crippen molar-refractivity contribution in [2.24, 2.45) is 0 Å². The first kappa shape index (κ1) is 15.1. The van der Waals surface area contributed by atoms with Crippen LogP contribution in [0.3, 0.4) is 0 Å². The monoisotopic (exact) mass is 280 g/mol. The molecule has 1 aromatic rings. The van der Waals surface area contributed by atoms with E-state index in [2.05, 4.69) is 29.6 Å². The van der Waals surface area contributed by atoms with E-state index in [9.17, 15) is 8.78 Å². The molecule has 1 aliphatic rings. The lowest BCUT2D eigenvalue weighted by Crippen LogP contribution is -2.43. The Morgan fingerprint density at radius 3 is 2.55 bits per heavy atom. The first-order chi connectivity index (χ1) is 9.74. The molecular formula is C16H22F2N2. The zero-order valence-electron chi connectivity index (χ0n) is 11.6. The molecule has 1 fully saturated rings. The van der Waals surface area contributed by atoms with Gasteiger partial charge in [-0.15, -0.1) is 0 Å². The van der Waals surface area contributed by atoms with Crippen LogP contribution in [0, 0.1) is 0 Å². The van der Waals surface area contributed by atoms with E-state index in [-0.39, 0.29) is 6.54 Å². The third-order valence-corrected chi connectivity index (χ3v) is 3.62. The second-order valence-electron chi connectivity index (χ2n) is 5.19. The van der Waals surface area contributed by atoms with Gasteiger partial charge in [0.2, 0.25) is 0 Å². The number of halogens is 2. The Morgan fingerprint density at radius 1 is 1.20 bits per heavy atom. The quantitative estimate of drug-likeness (QED) is 0.861. The van der Waals surface area contributed by atoms with Crippen molar-refractivity contribution < 1.29 is 8.78 Å². The number of nitrogens with one attached hydrogen (secondary N) is 1. The Morgan fingerprint density at radius 2 is 1.90 bits per heavy atom. The van der Waals surface area contributed by atoms with Crippen LogP contribution in [-0.2, 0) is 0 Å². The van der Waals surface area contributed by atoms with Gasteiger partial charge in [0.1, 0.15) is 0 Å². The molecular weight excluding hydrogens is 258 g/mol. The number of nitrogens with zero attached hydrogens (tertiary/aromatic N) is 1. The van der Waals surface area contributed by atoms with Crippen molar-refractivity contribution in [2.45, 2.75) is 25.3 Å². The maximum atomic E-state index is 12.3. The largest absolute Gasteiger partial charge is 0.310 e. The third kappa shape index (κ3) is 5.39. The molecule has 2 rings (SSSR count). The van der Waals surface area contributed by atoms with Gasteiger partial charge in [-0.2, -0.15) is 0 Å². The molecule has 1 heterocycles. The number of piperidine rings is 1. The Bertz CT molecular complexity index is 398. The number of hydrogen-bond donors (Lipinski definition) is 1. The average molecular weight is 280 g/mol. The lowest BCUT2D eigenvalue weighted by Gasteiger charge is -2.31. The van der Waals surface area contributed by atoms with Crippen molar-refractivity contribution >= 4 is 6.08 Å². The van der Waals surface area contributed by atoms with Crippen molar-refractivity contribution in [3.63, 3.8) is 0 Å². The molecule has 0 aromatic heterocycles. The summed E-state index contributed by atoms with van der Waals surface area (Å²) < 4.78 is 24.5. The zero-order valence-corrected chi connectivity index (χ0v) is 11.6. The third-order valence-electron chi connectivity index (χ3n) is 3.62. The van der Waals surface area contributed by atoms with E-state index in [0.29, 0.717) is 6.04 Å². The van der Waals surface area contributed by atoms with Crippen molar-refractivity contribution in [1.29, 1.82) is 0 Å². The van der Waals surface area contributed by atoms with Crippen molar-refractivity contribution in [2.75, 3.05) is 26.2 Å². The van der Waals surface area contributed by atoms with Crippen molar-refractivity contribution in [3.8, 4) is 0 Å². The normalized spacial score (nSPS) is 18.1. The Labute approximate surface area is 119 Å². The topological polar surface area (TPSA) is 15.3 Å². The minimum absolute atomic E-state index is 0.0827. The smallest absolute Gasteiger partial charge is 0.251 e. The highest BCUT2D eigenvalue weighted by atomic mass is 19.3. The van der Waals surface area contributed by atoms with Crippen LogP contribution in [0.4, 0.5) is 8.78 Å². The molecule has 1 aliphatic heterocycles. The SMILES string of the molecule is FC(F)CN1CCC(NCC=Cc2ccccc2)CC1. The fourth-order valence-corrected chi connectivity index (χ4v) is 2.51. The second-order valence-corrected chi connectivity index (χ2v) is 5.19. The van der Waals surface area contributed by atoms with E-state index in [1.165, 1.54) is 5.56 Å². The number of alkyl halides is 2. The van der Waals surface area contributed by atoms with E-state index in [4.69, 9.17) is 0 Å². The van der Waals surface area contributed by atoms with Crippen LogP contribution in [-0.4, -0.2) is 43.5 Å². The summed E-state index contributed by atoms with van der Waals surface area (Å²) in [5, 5.41) is 3.46. The van der Waals surface area contributed by atoms with Gasteiger partial charge < -0.3 is 5.32 Å². The molecule has 0 saturated carbocycles. The van der Waals surface area contributed by atoms with Gasteiger partial charge in [-0.3, -0.25) is 4.90 Å². The van der Waals surface area contributed by atoms with Gasteiger partial charge in [0.25, 0.3) is 6.43 Å². The second kappa shape index (κ2) is 8.12. The van der Waals surface area contributed by atoms with Gasteiger partial charge in [-0.1, -0.05) is 42.5 Å². The molecule has 0 amide bonds. The molecule has 0 atom stereocenters. The van der Waals surface area contributed by atoms with Crippen molar-refractivity contribution in [1.82, 2.24) is 10.2 Å². The van der Waals surface area contributed by atoms with E-state index >= 15 is 0 Å². The number of benzene rings is 1. The lowest BCUT2D eigenvalue weighted by atomic mass is 10.1. The van der Waals surface area contributed by atoms with Gasteiger partial charge in [-0.05, 0) is 31.5 Å². The molecule has 0 aliphatic carbocycles. The van der Waals surface area contributed by atoms with Crippen molar-refractivity contribution in [3.05, 3.63) is 42.0 Å². The number of hydrogen-bond acceptors (Lipinski definition) is 2. The van der Waals surface area contributed by atoms with Crippen LogP contribution in [0.5, 0.6) is 0 Å². The summed E-state index contributed by atoms with van der Waals surface area (Å²) in [5.74, 6) is 0. The van der Waals surface area contributed by atoms with Crippen LogP contribution in [0.15, 0.2) is 36.4 Å². The Kier molecular flexibility index (Phi) is 6.15.